The van der Waals surface area contributed by atoms with Gasteiger partial charge in [-0.05, 0) is 36.2 Å². The Hall–Kier alpha value is -2.48. The summed E-state index contributed by atoms with van der Waals surface area (Å²) in [6, 6.07) is 5.54. The topological polar surface area (TPSA) is 85.7 Å². The van der Waals surface area contributed by atoms with Gasteiger partial charge >= 0.3 is 0 Å². The monoisotopic (exact) mass is 478 g/mol. The molecule has 1 aliphatic rings. The largest absolute Gasteiger partial charge is 0.383 e. The molecule has 0 N–H and O–H groups in total. The predicted octanol–water partition coefficient (Wildman–Crippen LogP) is 3.61. The Kier molecular flexibility index (Phi) is 7.22. The molecular formula is C23H24Cl2N2O5. The molecule has 2 atom stereocenters. The Morgan fingerprint density at radius 1 is 1.16 bits per heavy atom. The van der Waals surface area contributed by atoms with E-state index in [1.165, 1.54) is 28.8 Å². The zero-order chi connectivity index (χ0) is 23.7. The molecule has 1 saturated heterocycles. The van der Waals surface area contributed by atoms with Gasteiger partial charge in [-0.15, -0.1) is 0 Å². The summed E-state index contributed by atoms with van der Waals surface area (Å²) in [5.41, 5.74) is 1.16. The number of pyridine rings is 1. The predicted molar refractivity (Wildman–Crippen MR) is 122 cm³/mol. The van der Waals surface area contributed by atoms with Crippen molar-refractivity contribution in [3.63, 3.8) is 0 Å². The Bertz CT molecular complexity index is 1140. The second-order valence-electron chi connectivity index (χ2n) is 8.06. The van der Waals surface area contributed by atoms with E-state index in [-0.39, 0.29) is 29.6 Å². The van der Waals surface area contributed by atoms with E-state index in [4.69, 9.17) is 27.9 Å². The standard InChI is InChI=1S/C23H24Cl2N2O5/c1-12(2)20(28)18-19(16-6-5-14(24)9-13(16)3)27(23(31)21(18)29)15-10-17(25)22(30)26(11-15)7-8-32-4/h5-6,9-12,18-19H,7-8H2,1-4H3. The molecule has 0 saturated carbocycles. The number of ether oxygens (including phenoxy) is 1. The molecule has 170 valence electrons. The fraction of sp³-hybridized carbons (Fsp3) is 0.391. The first kappa shape index (κ1) is 24.2. The molecule has 7 nitrogen and oxygen atoms in total. The number of hydrogen-bond donors (Lipinski definition) is 0. The average Bonchev–Trinajstić information content (AvgIpc) is 2.99. The van der Waals surface area contributed by atoms with Crippen LogP contribution in [0.15, 0.2) is 35.3 Å². The van der Waals surface area contributed by atoms with Gasteiger partial charge in [-0.3, -0.25) is 24.1 Å². The summed E-state index contributed by atoms with van der Waals surface area (Å²) in [5.74, 6) is -3.57. The van der Waals surface area contributed by atoms with E-state index >= 15 is 0 Å². The highest BCUT2D eigenvalue weighted by Gasteiger charge is 2.53. The fourth-order valence-electron chi connectivity index (χ4n) is 3.95. The molecule has 0 radical (unpaired) electrons. The number of Topliss-reactive ketones (excluding diaryl/α,β-unsaturated/α-hetero) is 2. The van der Waals surface area contributed by atoms with Gasteiger partial charge in [0.15, 0.2) is 0 Å². The van der Waals surface area contributed by atoms with Crippen LogP contribution in [0.4, 0.5) is 5.69 Å². The number of nitrogens with zero attached hydrogens (tertiary/aromatic N) is 2. The number of amides is 1. The third-order valence-corrected chi connectivity index (χ3v) is 6.08. The van der Waals surface area contributed by atoms with Crippen LogP contribution < -0.4 is 10.5 Å². The van der Waals surface area contributed by atoms with Crippen LogP contribution in [-0.2, 0) is 25.7 Å². The number of anilines is 1. The molecule has 1 aliphatic heterocycles. The van der Waals surface area contributed by atoms with E-state index in [1.807, 2.05) is 0 Å². The Morgan fingerprint density at radius 2 is 1.84 bits per heavy atom. The van der Waals surface area contributed by atoms with Crippen molar-refractivity contribution in [1.29, 1.82) is 0 Å². The lowest BCUT2D eigenvalue weighted by atomic mass is 9.83. The minimum Gasteiger partial charge on any atom is -0.383 e. The number of methoxy groups -OCH3 is 1. The lowest BCUT2D eigenvalue weighted by molar-refractivity contribution is -0.139. The third kappa shape index (κ3) is 4.37. The van der Waals surface area contributed by atoms with Crippen LogP contribution >= 0.6 is 23.2 Å². The van der Waals surface area contributed by atoms with Gasteiger partial charge in [0.05, 0.1) is 18.3 Å². The van der Waals surface area contributed by atoms with Gasteiger partial charge in [0.2, 0.25) is 5.78 Å². The molecule has 3 rings (SSSR count). The molecule has 1 amide bonds. The minimum absolute atomic E-state index is 0.107. The summed E-state index contributed by atoms with van der Waals surface area (Å²) in [6.07, 6.45) is 1.46. The number of halogens is 2. The second-order valence-corrected chi connectivity index (χ2v) is 8.90. The summed E-state index contributed by atoms with van der Waals surface area (Å²) in [7, 11) is 1.50. The normalized spacial score (nSPS) is 18.7. The average molecular weight is 479 g/mol. The quantitative estimate of drug-likeness (QED) is 0.448. The number of aromatic nitrogens is 1. The maximum Gasteiger partial charge on any atom is 0.295 e. The molecule has 32 heavy (non-hydrogen) atoms. The van der Waals surface area contributed by atoms with Crippen molar-refractivity contribution in [2.75, 3.05) is 18.6 Å². The molecular weight excluding hydrogens is 455 g/mol. The van der Waals surface area contributed by atoms with E-state index in [2.05, 4.69) is 0 Å². The second kappa shape index (κ2) is 9.57. The van der Waals surface area contributed by atoms with Crippen LogP contribution in [0.1, 0.15) is 31.0 Å². The van der Waals surface area contributed by atoms with Gasteiger partial charge in [-0.2, -0.15) is 0 Å². The fourth-order valence-corrected chi connectivity index (χ4v) is 4.40. The van der Waals surface area contributed by atoms with Crippen molar-refractivity contribution >= 4 is 46.4 Å². The highest BCUT2D eigenvalue weighted by molar-refractivity contribution is 6.48. The molecule has 0 spiro atoms. The molecule has 1 aromatic heterocycles. The van der Waals surface area contributed by atoms with Crippen LogP contribution in [0.5, 0.6) is 0 Å². The first-order valence-electron chi connectivity index (χ1n) is 10.1. The van der Waals surface area contributed by atoms with E-state index in [0.717, 1.165) is 5.56 Å². The van der Waals surface area contributed by atoms with Crippen LogP contribution in [0.3, 0.4) is 0 Å². The Labute approximate surface area is 195 Å². The third-order valence-electron chi connectivity index (χ3n) is 5.57. The van der Waals surface area contributed by atoms with Crippen molar-refractivity contribution in [2.24, 2.45) is 11.8 Å². The van der Waals surface area contributed by atoms with E-state index < -0.39 is 35.1 Å². The first-order valence-corrected chi connectivity index (χ1v) is 10.9. The Morgan fingerprint density at radius 3 is 2.44 bits per heavy atom. The first-order chi connectivity index (χ1) is 15.1. The number of benzene rings is 1. The van der Waals surface area contributed by atoms with Crippen molar-refractivity contribution in [3.05, 3.63) is 62.0 Å². The Balaban J connectivity index is 2.23. The van der Waals surface area contributed by atoms with Crippen LogP contribution in [0.25, 0.3) is 0 Å². The number of rotatable bonds is 7. The lowest BCUT2D eigenvalue weighted by Crippen LogP contribution is -2.33. The van der Waals surface area contributed by atoms with Crippen molar-refractivity contribution in [1.82, 2.24) is 4.57 Å². The van der Waals surface area contributed by atoms with Crippen molar-refractivity contribution in [2.45, 2.75) is 33.4 Å². The minimum atomic E-state index is -1.18. The van der Waals surface area contributed by atoms with E-state index in [0.29, 0.717) is 10.6 Å². The molecule has 0 bridgehead atoms. The zero-order valence-electron chi connectivity index (χ0n) is 18.2. The number of ketones is 2. The number of aryl methyl sites for hydroxylation is 1. The smallest absolute Gasteiger partial charge is 0.295 e. The van der Waals surface area contributed by atoms with E-state index in [1.54, 1.807) is 39.0 Å². The number of carbonyl (C=O) groups excluding carboxylic acids is 3. The highest BCUT2D eigenvalue weighted by Crippen LogP contribution is 2.42. The summed E-state index contributed by atoms with van der Waals surface area (Å²) in [4.78, 5) is 53.0. The number of hydrogen-bond acceptors (Lipinski definition) is 5. The molecule has 0 aliphatic carbocycles. The van der Waals surface area contributed by atoms with Gasteiger partial charge in [-0.25, -0.2) is 0 Å². The number of carbonyl (C=O) groups is 3. The van der Waals surface area contributed by atoms with Crippen LogP contribution in [-0.4, -0.2) is 35.8 Å². The SMILES string of the molecule is COCCn1cc(N2C(=O)C(=O)C(C(=O)C(C)C)C2c2ccc(Cl)cc2C)cc(Cl)c1=O. The molecule has 1 aromatic carbocycles. The van der Waals surface area contributed by atoms with Crippen LogP contribution in [0, 0.1) is 18.8 Å². The highest BCUT2D eigenvalue weighted by atomic mass is 35.5. The summed E-state index contributed by atoms with van der Waals surface area (Å²) in [5, 5.41) is 0.389. The summed E-state index contributed by atoms with van der Waals surface area (Å²) < 4.78 is 6.36. The zero-order valence-corrected chi connectivity index (χ0v) is 19.7. The lowest BCUT2D eigenvalue weighted by Gasteiger charge is -2.29. The summed E-state index contributed by atoms with van der Waals surface area (Å²) in [6.45, 7) is 5.64. The summed E-state index contributed by atoms with van der Waals surface area (Å²) >= 11 is 12.3. The molecule has 9 heteroatoms. The molecule has 1 fully saturated rings. The molecule has 2 unspecified atom stereocenters. The van der Waals surface area contributed by atoms with Crippen LogP contribution in [0.2, 0.25) is 10.0 Å². The van der Waals surface area contributed by atoms with Gasteiger partial charge in [0.1, 0.15) is 16.7 Å². The maximum atomic E-state index is 13.2. The van der Waals surface area contributed by atoms with Crippen molar-refractivity contribution < 1.29 is 19.1 Å². The van der Waals surface area contributed by atoms with Gasteiger partial charge in [-0.1, -0.05) is 43.1 Å². The van der Waals surface area contributed by atoms with E-state index in [9.17, 15) is 19.2 Å². The molecule has 2 heterocycles. The van der Waals surface area contributed by atoms with Crippen molar-refractivity contribution in [3.8, 4) is 0 Å². The maximum absolute atomic E-state index is 13.2. The van der Waals surface area contributed by atoms with Gasteiger partial charge < -0.3 is 9.30 Å². The van der Waals surface area contributed by atoms with Gasteiger partial charge in [0.25, 0.3) is 11.5 Å². The van der Waals surface area contributed by atoms with Gasteiger partial charge in [0, 0.05) is 30.8 Å². The molecule has 2 aromatic rings.